The Morgan fingerprint density at radius 1 is 1.62 bits per heavy atom. The van der Waals surface area contributed by atoms with Crippen molar-refractivity contribution in [2.45, 2.75) is 19.8 Å². The van der Waals surface area contributed by atoms with E-state index in [1.54, 1.807) is 12.4 Å². The van der Waals surface area contributed by atoms with Crippen molar-refractivity contribution < 1.29 is 4.79 Å². The van der Waals surface area contributed by atoms with E-state index in [9.17, 15) is 4.79 Å². The van der Waals surface area contributed by atoms with E-state index < -0.39 is 0 Å². The number of pyridine rings is 1. The number of hydrogen-bond donors (Lipinski definition) is 0. The Hall–Kier alpha value is -1.44. The van der Waals surface area contributed by atoms with Crippen molar-refractivity contribution in [2.24, 2.45) is 0 Å². The molecule has 0 fully saturated rings. The number of allylic oxidation sites excluding steroid dienone is 2. The van der Waals surface area contributed by atoms with E-state index in [0.29, 0.717) is 6.42 Å². The molecule has 1 rings (SSSR count). The van der Waals surface area contributed by atoms with Crippen molar-refractivity contribution in [3.8, 4) is 0 Å². The molecule has 0 bridgehead atoms. The molecule has 2 heteroatoms. The lowest BCUT2D eigenvalue weighted by Crippen LogP contribution is -1.92. The van der Waals surface area contributed by atoms with Gasteiger partial charge in [0.1, 0.15) is 6.29 Å². The normalized spacial score (nSPS) is 11.3. The summed E-state index contributed by atoms with van der Waals surface area (Å²) >= 11 is 0. The summed E-state index contributed by atoms with van der Waals surface area (Å²) in [6, 6.07) is 3.85. The molecule has 1 heterocycles. The summed E-state index contributed by atoms with van der Waals surface area (Å²) < 4.78 is 0. The van der Waals surface area contributed by atoms with Crippen LogP contribution in [0.1, 0.15) is 18.9 Å². The highest BCUT2D eigenvalue weighted by Crippen LogP contribution is 2.04. The van der Waals surface area contributed by atoms with Crippen LogP contribution in [-0.4, -0.2) is 11.3 Å². The van der Waals surface area contributed by atoms with Crippen LogP contribution in [0.25, 0.3) is 0 Å². The molecule has 0 aliphatic heterocycles. The van der Waals surface area contributed by atoms with E-state index in [1.165, 1.54) is 0 Å². The Bertz CT molecular complexity index is 290. The maximum Gasteiger partial charge on any atom is 0.146 e. The van der Waals surface area contributed by atoms with E-state index in [0.717, 1.165) is 23.8 Å². The first kappa shape index (κ1) is 9.65. The van der Waals surface area contributed by atoms with Crippen molar-refractivity contribution in [3.05, 3.63) is 41.7 Å². The quantitative estimate of drug-likeness (QED) is 0.518. The van der Waals surface area contributed by atoms with E-state index in [-0.39, 0.29) is 0 Å². The predicted molar refractivity (Wildman–Crippen MR) is 52.4 cm³/mol. The minimum atomic E-state index is 0.686. The summed E-state index contributed by atoms with van der Waals surface area (Å²) in [5.41, 5.74) is 1.91. The van der Waals surface area contributed by atoms with Gasteiger partial charge in [0.15, 0.2) is 0 Å². The van der Waals surface area contributed by atoms with Gasteiger partial charge in [-0.15, -0.1) is 0 Å². The largest absolute Gasteiger partial charge is 0.298 e. The molecule has 0 aromatic carbocycles. The zero-order valence-corrected chi connectivity index (χ0v) is 7.73. The Kier molecular flexibility index (Phi) is 3.89. The summed E-state index contributed by atoms with van der Waals surface area (Å²) in [5.74, 6) is 0. The minimum absolute atomic E-state index is 0.686. The Morgan fingerprint density at radius 2 is 2.46 bits per heavy atom. The highest BCUT2D eigenvalue weighted by molar-refractivity contribution is 5.73. The molecule has 13 heavy (non-hydrogen) atoms. The lowest BCUT2D eigenvalue weighted by Gasteiger charge is -1.98. The van der Waals surface area contributed by atoms with Crippen LogP contribution in [-0.2, 0) is 11.2 Å². The maximum atomic E-state index is 10.6. The fraction of sp³-hybridized carbons (Fsp3) is 0.273. The second kappa shape index (κ2) is 5.25. The van der Waals surface area contributed by atoms with E-state index >= 15 is 0 Å². The highest BCUT2D eigenvalue weighted by atomic mass is 16.1. The second-order valence-electron chi connectivity index (χ2n) is 2.84. The average molecular weight is 175 g/mol. The van der Waals surface area contributed by atoms with Gasteiger partial charge in [0.05, 0.1) is 0 Å². The van der Waals surface area contributed by atoms with Crippen molar-refractivity contribution in [1.29, 1.82) is 0 Å². The molecule has 0 aliphatic rings. The zero-order valence-electron chi connectivity index (χ0n) is 7.73. The average Bonchev–Trinajstić information content (AvgIpc) is 2.19. The SMILES string of the molecule is CC/C=C(\C=O)Cc1cccnc1. The van der Waals surface area contributed by atoms with E-state index in [4.69, 9.17) is 0 Å². The van der Waals surface area contributed by atoms with Gasteiger partial charge in [-0.3, -0.25) is 9.78 Å². The fourth-order valence-corrected chi connectivity index (χ4v) is 1.16. The Morgan fingerprint density at radius 3 is 3.00 bits per heavy atom. The number of aromatic nitrogens is 1. The molecule has 68 valence electrons. The van der Waals surface area contributed by atoms with Crippen molar-refractivity contribution in [2.75, 3.05) is 0 Å². The summed E-state index contributed by atoms with van der Waals surface area (Å²) in [4.78, 5) is 14.6. The molecule has 0 unspecified atom stereocenters. The fourth-order valence-electron chi connectivity index (χ4n) is 1.16. The van der Waals surface area contributed by atoms with Crippen LogP contribution in [0.2, 0.25) is 0 Å². The molecule has 1 aromatic heterocycles. The van der Waals surface area contributed by atoms with Gasteiger partial charge in [-0.2, -0.15) is 0 Å². The molecule has 0 N–H and O–H groups in total. The van der Waals surface area contributed by atoms with Crippen molar-refractivity contribution in [1.82, 2.24) is 4.98 Å². The number of rotatable bonds is 4. The van der Waals surface area contributed by atoms with E-state index in [2.05, 4.69) is 4.98 Å². The second-order valence-corrected chi connectivity index (χ2v) is 2.84. The third-order valence-electron chi connectivity index (χ3n) is 1.75. The molecule has 1 aromatic rings. The smallest absolute Gasteiger partial charge is 0.146 e. The van der Waals surface area contributed by atoms with Crippen molar-refractivity contribution >= 4 is 6.29 Å². The standard InChI is InChI=1S/C11H13NO/c1-2-4-11(9-13)7-10-5-3-6-12-8-10/h3-6,8-9H,2,7H2,1H3/b11-4-. The highest BCUT2D eigenvalue weighted by Gasteiger charge is 1.96. The van der Waals surface area contributed by atoms with Gasteiger partial charge in [-0.1, -0.05) is 19.1 Å². The van der Waals surface area contributed by atoms with E-state index in [1.807, 2.05) is 25.1 Å². The summed E-state index contributed by atoms with van der Waals surface area (Å²) in [6.45, 7) is 2.02. The molecule has 0 spiro atoms. The number of aldehydes is 1. The summed E-state index contributed by atoms with van der Waals surface area (Å²) in [6.07, 6.45) is 7.95. The number of nitrogens with zero attached hydrogens (tertiary/aromatic N) is 1. The first-order chi connectivity index (χ1) is 6.36. The first-order valence-electron chi connectivity index (χ1n) is 4.40. The third-order valence-corrected chi connectivity index (χ3v) is 1.75. The van der Waals surface area contributed by atoms with Crippen LogP contribution in [0.3, 0.4) is 0 Å². The monoisotopic (exact) mass is 175 g/mol. The van der Waals surface area contributed by atoms with Gasteiger partial charge < -0.3 is 0 Å². The maximum absolute atomic E-state index is 10.6. The van der Waals surface area contributed by atoms with Gasteiger partial charge in [0.2, 0.25) is 0 Å². The van der Waals surface area contributed by atoms with Gasteiger partial charge in [-0.05, 0) is 23.6 Å². The molecule has 0 amide bonds. The van der Waals surface area contributed by atoms with Crippen LogP contribution in [0.4, 0.5) is 0 Å². The van der Waals surface area contributed by atoms with Gasteiger partial charge in [0.25, 0.3) is 0 Å². The number of carbonyl (C=O) groups is 1. The minimum Gasteiger partial charge on any atom is -0.298 e. The van der Waals surface area contributed by atoms with Gasteiger partial charge in [-0.25, -0.2) is 0 Å². The molecule has 0 atom stereocenters. The van der Waals surface area contributed by atoms with Crippen LogP contribution in [0.15, 0.2) is 36.2 Å². The van der Waals surface area contributed by atoms with Gasteiger partial charge >= 0.3 is 0 Å². The van der Waals surface area contributed by atoms with Crippen molar-refractivity contribution in [3.63, 3.8) is 0 Å². The molecular weight excluding hydrogens is 162 g/mol. The zero-order chi connectivity index (χ0) is 9.52. The Labute approximate surface area is 78.3 Å². The molecule has 0 aliphatic carbocycles. The van der Waals surface area contributed by atoms with Crippen LogP contribution < -0.4 is 0 Å². The predicted octanol–water partition coefficient (Wildman–Crippen LogP) is 2.16. The topological polar surface area (TPSA) is 30.0 Å². The Balaban J connectivity index is 2.68. The van der Waals surface area contributed by atoms with Crippen LogP contribution in [0, 0.1) is 0 Å². The molecular formula is C11H13NO. The van der Waals surface area contributed by atoms with Crippen LogP contribution in [0.5, 0.6) is 0 Å². The first-order valence-corrected chi connectivity index (χ1v) is 4.40. The molecule has 0 saturated heterocycles. The van der Waals surface area contributed by atoms with Crippen LogP contribution >= 0.6 is 0 Å². The molecule has 0 radical (unpaired) electrons. The lowest BCUT2D eigenvalue weighted by atomic mass is 10.1. The van der Waals surface area contributed by atoms with Gasteiger partial charge in [0, 0.05) is 18.8 Å². The summed E-state index contributed by atoms with van der Waals surface area (Å²) in [7, 11) is 0. The lowest BCUT2D eigenvalue weighted by molar-refractivity contribution is -0.105. The summed E-state index contributed by atoms with van der Waals surface area (Å²) in [5, 5.41) is 0. The number of carbonyl (C=O) groups excluding carboxylic acids is 1. The number of hydrogen-bond acceptors (Lipinski definition) is 2. The molecule has 0 saturated carbocycles. The third kappa shape index (κ3) is 3.20. The molecule has 2 nitrogen and oxygen atoms in total.